The zero-order chi connectivity index (χ0) is 15.5. The molecule has 1 atom stereocenters. The third kappa shape index (κ3) is 6.74. The molecule has 0 aromatic heterocycles. The first-order valence-corrected chi connectivity index (χ1v) is 6.78. The van der Waals surface area contributed by atoms with Crippen LogP contribution in [0.3, 0.4) is 0 Å². The van der Waals surface area contributed by atoms with Crippen molar-refractivity contribution in [3.05, 3.63) is 11.4 Å². The fourth-order valence-electron chi connectivity index (χ4n) is 1.77. The Morgan fingerprint density at radius 3 is 2.65 bits per heavy atom. The lowest BCUT2D eigenvalue weighted by Crippen LogP contribution is -2.35. The Bertz CT molecular complexity index is 439. The van der Waals surface area contributed by atoms with Gasteiger partial charge in [-0.3, -0.25) is 4.79 Å². The summed E-state index contributed by atoms with van der Waals surface area (Å²) >= 11 is 0. The van der Waals surface area contributed by atoms with E-state index in [0.29, 0.717) is 5.70 Å². The standard InChI is InChI=1S/C15H24N4O/c1-5-8-12(7-3)19-14(20)10-13(17)15(11(4)16)18-9-6-2/h2,9,12,17H,5,7-8,10,16H2,1,3-4H3,(H,19,20)/b15-11+,17-13?,18-9?. The molecule has 0 rings (SSSR count). The van der Waals surface area contributed by atoms with E-state index in [2.05, 4.69) is 23.2 Å². The third-order valence-electron chi connectivity index (χ3n) is 2.76. The molecule has 0 saturated carbocycles. The molecule has 0 spiro atoms. The van der Waals surface area contributed by atoms with Gasteiger partial charge in [-0.05, 0) is 19.8 Å². The summed E-state index contributed by atoms with van der Waals surface area (Å²) < 4.78 is 0. The van der Waals surface area contributed by atoms with Gasteiger partial charge in [0.1, 0.15) is 5.70 Å². The van der Waals surface area contributed by atoms with Crippen molar-refractivity contribution in [1.29, 1.82) is 5.41 Å². The Hall–Kier alpha value is -2.09. The van der Waals surface area contributed by atoms with Gasteiger partial charge < -0.3 is 16.5 Å². The average Bonchev–Trinajstić information content (AvgIpc) is 2.38. The second-order valence-corrected chi connectivity index (χ2v) is 4.57. The molecule has 4 N–H and O–H groups in total. The molecule has 0 saturated heterocycles. The van der Waals surface area contributed by atoms with E-state index in [-0.39, 0.29) is 29.8 Å². The minimum atomic E-state index is -0.190. The van der Waals surface area contributed by atoms with Crippen LogP contribution < -0.4 is 11.1 Å². The van der Waals surface area contributed by atoms with Gasteiger partial charge >= 0.3 is 0 Å². The Morgan fingerprint density at radius 1 is 1.55 bits per heavy atom. The Morgan fingerprint density at radius 2 is 2.20 bits per heavy atom. The highest BCUT2D eigenvalue weighted by Gasteiger charge is 2.14. The zero-order valence-electron chi connectivity index (χ0n) is 12.5. The van der Waals surface area contributed by atoms with Gasteiger partial charge in [0.25, 0.3) is 0 Å². The van der Waals surface area contributed by atoms with E-state index in [1.54, 1.807) is 6.92 Å². The largest absolute Gasteiger partial charge is 0.400 e. The maximum atomic E-state index is 11.9. The van der Waals surface area contributed by atoms with Crippen LogP contribution in [-0.4, -0.2) is 23.9 Å². The van der Waals surface area contributed by atoms with Gasteiger partial charge in [0.15, 0.2) is 0 Å². The smallest absolute Gasteiger partial charge is 0.226 e. The summed E-state index contributed by atoms with van der Waals surface area (Å²) in [5, 5.41) is 10.8. The lowest BCUT2D eigenvalue weighted by atomic mass is 10.1. The first-order valence-electron chi connectivity index (χ1n) is 6.78. The van der Waals surface area contributed by atoms with Crippen molar-refractivity contribution in [2.75, 3.05) is 0 Å². The van der Waals surface area contributed by atoms with E-state index in [1.165, 1.54) is 6.21 Å². The predicted octanol–water partition coefficient (Wildman–Crippen LogP) is 1.99. The van der Waals surface area contributed by atoms with E-state index in [1.807, 2.05) is 6.92 Å². The maximum Gasteiger partial charge on any atom is 0.226 e. The monoisotopic (exact) mass is 276 g/mol. The Balaban J connectivity index is 4.66. The Labute approximate surface area is 121 Å². The fourth-order valence-corrected chi connectivity index (χ4v) is 1.77. The number of rotatable bonds is 8. The minimum Gasteiger partial charge on any atom is -0.400 e. The maximum absolute atomic E-state index is 11.9. The number of amides is 1. The molecule has 1 unspecified atom stereocenters. The minimum absolute atomic E-state index is 0.0496. The molecule has 0 aromatic rings. The normalized spacial score (nSPS) is 13.5. The lowest BCUT2D eigenvalue weighted by Gasteiger charge is -2.16. The third-order valence-corrected chi connectivity index (χ3v) is 2.76. The van der Waals surface area contributed by atoms with Crippen molar-refractivity contribution in [2.45, 2.75) is 52.5 Å². The number of terminal acetylenes is 1. The van der Waals surface area contributed by atoms with Gasteiger partial charge in [-0.15, -0.1) is 6.42 Å². The molecule has 1 amide bonds. The first-order chi connectivity index (χ1) is 9.46. The van der Waals surface area contributed by atoms with Crippen molar-refractivity contribution in [2.24, 2.45) is 10.7 Å². The summed E-state index contributed by atoms with van der Waals surface area (Å²) in [7, 11) is 0. The van der Waals surface area contributed by atoms with Crippen LogP contribution in [-0.2, 0) is 4.79 Å². The molecular formula is C15H24N4O. The van der Waals surface area contributed by atoms with Crippen molar-refractivity contribution in [3.8, 4) is 12.3 Å². The van der Waals surface area contributed by atoms with Crippen LogP contribution in [0.4, 0.5) is 0 Å². The molecule has 5 heteroatoms. The average molecular weight is 276 g/mol. The highest BCUT2D eigenvalue weighted by atomic mass is 16.1. The highest BCUT2D eigenvalue weighted by Crippen LogP contribution is 2.07. The number of nitrogens with zero attached hydrogens (tertiary/aromatic N) is 1. The van der Waals surface area contributed by atoms with Crippen LogP contribution in [0.25, 0.3) is 0 Å². The number of hydrogen-bond donors (Lipinski definition) is 3. The van der Waals surface area contributed by atoms with E-state index in [0.717, 1.165) is 19.3 Å². The molecule has 0 heterocycles. The number of hydrogen-bond acceptors (Lipinski definition) is 4. The quantitative estimate of drug-likeness (QED) is 0.467. The lowest BCUT2D eigenvalue weighted by molar-refractivity contribution is -0.120. The number of nitrogens with two attached hydrogens (primary N) is 1. The second kappa shape index (κ2) is 9.79. The van der Waals surface area contributed by atoms with Crippen LogP contribution in [0, 0.1) is 17.8 Å². The summed E-state index contributed by atoms with van der Waals surface area (Å²) in [5.74, 6) is 2.05. The van der Waals surface area contributed by atoms with Crippen LogP contribution in [0.2, 0.25) is 0 Å². The number of allylic oxidation sites excluding steroid dienone is 2. The number of carbonyl (C=O) groups is 1. The van der Waals surface area contributed by atoms with Gasteiger partial charge in [0.05, 0.1) is 18.3 Å². The topological polar surface area (TPSA) is 91.3 Å². The second-order valence-electron chi connectivity index (χ2n) is 4.57. The van der Waals surface area contributed by atoms with Crippen LogP contribution in [0.15, 0.2) is 16.4 Å². The van der Waals surface area contributed by atoms with Crippen molar-refractivity contribution >= 4 is 17.8 Å². The van der Waals surface area contributed by atoms with Gasteiger partial charge in [-0.1, -0.05) is 26.2 Å². The van der Waals surface area contributed by atoms with Crippen molar-refractivity contribution < 1.29 is 4.79 Å². The van der Waals surface area contributed by atoms with Gasteiger partial charge in [-0.2, -0.15) is 0 Å². The molecule has 0 bridgehead atoms. The molecule has 0 aliphatic carbocycles. The molecule has 0 radical (unpaired) electrons. The summed E-state index contributed by atoms with van der Waals surface area (Å²) in [6.07, 6.45) is 9.08. The van der Waals surface area contributed by atoms with Crippen LogP contribution in [0.1, 0.15) is 46.5 Å². The summed E-state index contributed by atoms with van der Waals surface area (Å²) in [6, 6.07) is 0.154. The van der Waals surface area contributed by atoms with Gasteiger partial charge in [0.2, 0.25) is 5.91 Å². The van der Waals surface area contributed by atoms with Crippen molar-refractivity contribution in [3.63, 3.8) is 0 Å². The molecule has 0 aliphatic heterocycles. The number of carbonyl (C=O) groups excluding carboxylic acids is 1. The molecule has 0 fully saturated rings. The summed E-state index contributed by atoms with van der Waals surface area (Å²) in [4.78, 5) is 15.8. The zero-order valence-corrected chi connectivity index (χ0v) is 12.5. The summed E-state index contributed by atoms with van der Waals surface area (Å²) in [5.41, 5.74) is 6.36. The molecule has 110 valence electrons. The fraction of sp³-hybridized carbons (Fsp3) is 0.533. The Kier molecular flexibility index (Phi) is 8.77. The molecule has 5 nitrogen and oxygen atoms in total. The molecule has 0 aliphatic rings. The molecule has 0 aromatic carbocycles. The van der Waals surface area contributed by atoms with Crippen LogP contribution in [0.5, 0.6) is 0 Å². The SMILES string of the molecule is C#CC=N/C(C(=N)CC(=O)NC(CC)CCC)=C(\C)N. The van der Waals surface area contributed by atoms with E-state index in [4.69, 9.17) is 17.6 Å². The molecular weight excluding hydrogens is 252 g/mol. The predicted molar refractivity (Wildman–Crippen MR) is 83.7 cm³/mol. The molecule has 20 heavy (non-hydrogen) atoms. The van der Waals surface area contributed by atoms with E-state index >= 15 is 0 Å². The van der Waals surface area contributed by atoms with Gasteiger partial charge in [-0.25, -0.2) is 4.99 Å². The summed E-state index contributed by atoms with van der Waals surface area (Å²) in [6.45, 7) is 5.73. The van der Waals surface area contributed by atoms with Crippen molar-refractivity contribution in [1.82, 2.24) is 5.32 Å². The van der Waals surface area contributed by atoms with E-state index < -0.39 is 0 Å². The first kappa shape index (κ1) is 17.9. The van der Waals surface area contributed by atoms with Crippen LogP contribution >= 0.6 is 0 Å². The highest BCUT2D eigenvalue weighted by molar-refractivity contribution is 6.09. The van der Waals surface area contributed by atoms with Gasteiger partial charge in [0, 0.05) is 11.7 Å². The number of nitrogens with one attached hydrogen (secondary N) is 2. The van der Waals surface area contributed by atoms with E-state index in [9.17, 15) is 4.79 Å². The number of aliphatic imine (C=N–C) groups is 1.